The SMILES string of the molecule is COc1ccc(C(=O)N(CCc2nc(-c3ccc(C)cc3)no2)CC(C)C)cc1. The molecule has 0 atom stereocenters. The summed E-state index contributed by atoms with van der Waals surface area (Å²) in [5.41, 5.74) is 2.73. The van der Waals surface area contributed by atoms with Crippen LogP contribution >= 0.6 is 0 Å². The molecule has 2 aromatic carbocycles. The molecule has 0 saturated heterocycles. The summed E-state index contributed by atoms with van der Waals surface area (Å²) in [6.45, 7) is 7.39. The number of methoxy groups -OCH3 is 1. The van der Waals surface area contributed by atoms with Crippen LogP contribution in [0, 0.1) is 12.8 Å². The number of carbonyl (C=O) groups is 1. The Morgan fingerprint density at radius 2 is 1.79 bits per heavy atom. The topological polar surface area (TPSA) is 68.5 Å². The van der Waals surface area contributed by atoms with Crippen molar-refractivity contribution in [2.24, 2.45) is 5.92 Å². The van der Waals surface area contributed by atoms with E-state index >= 15 is 0 Å². The molecule has 1 amide bonds. The number of nitrogens with zero attached hydrogens (tertiary/aromatic N) is 3. The van der Waals surface area contributed by atoms with Crippen LogP contribution in [-0.4, -0.2) is 41.1 Å². The monoisotopic (exact) mass is 393 g/mol. The largest absolute Gasteiger partial charge is 0.497 e. The van der Waals surface area contributed by atoms with E-state index < -0.39 is 0 Å². The highest BCUT2D eigenvalue weighted by molar-refractivity contribution is 5.94. The Labute approximate surface area is 171 Å². The van der Waals surface area contributed by atoms with Crippen LogP contribution in [0.3, 0.4) is 0 Å². The normalized spacial score (nSPS) is 10.9. The molecule has 0 N–H and O–H groups in total. The molecule has 0 unspecified atom stereocenters. The van der Waals surface area contributed by atoms with E-state index in [1.807, 2.05) is 36.1 Å². The summed E-state index contributed by atoms with van der Waals surface area (Å²) < 4.78 is 10.6. The molecule has 152 valence electrons. The third-order valence-corrected chi connectivity index (χ3v) is 4.58. The number of benzene rings is 2. The fourth-order valence-corrected chi connectivity index (χ4v) is 3.04. The standard InChI is InChI=1S/C23H27N3O3/c1-16(2)15-26(23(27)19-9-11-20(28-4)12-10-19)14-13-21-24-22(25-29-21)18-7-5-17(3)6-8-18/h5-12,16H,13-15H2,1-4H3. The van der Waals surface area contributed by atoms with Crippen LogP contribution < -0.4 is 4.74 Å². The quantitative estimate of drug-likeness (QED) is 0.568. The van der Waals surface area contributed by atoms with Gasteiger partial charge in [0.2, 0.25) is 11.7 Å². The Morgan fingerprint density at radius 3 is 2.41 bits per heavy atom. The molecule has 1 heterocycles. The second-order valence-corrected chi connectivity index (χ2v) is 7.50. The van der Waals surface area contributed by atoms with Crippen LogP contribution in [-0.2, 0) is 6.42 Å². The first-order valence-electron chi connectivity index (χ1n) is 9.79. The van der Waals surface area contributed by atoms with Crippen molar-refractivity contribution in [2.75, 3.05) is 20.2 Å². The lowest BCUT2D eigenvalue weighted by Gasteiger charge is -2.24. The second-order valence-electron chi connectivity index (χ2n) is 7.50. The van der Waals surface area contributed by atoms with Crippen LogP contribution in [0.2, 0.25) is 0 Å². The van der Waals surface area contributed by atoms with Crippen molar-refractivity contribution in [3.05, 3.63) is 65.5 Å². The number of carbonyl (C=O) groups excluding carboxylic acids is 1. The molecule has 0 aliphatic heterocycles. The lowest BCUT2D eigenvalue weighted by atomic mass is 10.1. The molecular weight excluding hydrogens is 366 g/mol. The first kappa shape index (κ1) is 20.6. The molecule has 0 aliphatic carbocycles. The molecule has 1 aromatic heterocycles. The van der Waals surface area contributed by atoms with Gasteiger partial charge in [0.05, 0.1) is 7.11 Å². The first-order valence-corrected chi connectivity index (χ1v) is 9.79. The number of aryl methyl sites for hydroxylation is 1. The van der Waals surface area contributed by atoms with Crippen LogP contribution in [0.1, 0.15) is 35.7 Å². The van der Waals surface area contributed by atoms with E-state index in [9.17, 15) is 4.79 Å². The Bertz CT molecular complexity index is 931. The van der Waals surface area contributed by atoms with Crippen molar-refractivity contribution in [2.45, 2.75) is 27.2 Å². The van der Waals surface area contributed by atoms with Gasteiger partial charge in [0.25, 0.3) is 5.91 Å². The fourth-order valence-electron chi connectivity index (χ4n) is 3.04. The molecule has 6 nitrogen and oxygen atoms in total. The zero-order chi connectivity index (χ0) is 20.8. The smallest absolute Gasteiger partial charge is 0.253 e. The molecular formula is C23H27N3O3. The molecule has 0 bridgehead atoms. The maximum absolute atomic E-state index is 13.0. The number of hydrogen-bond donors (Lipinski definition) is 0. The minimum Gasteiger partial charge on any atom is -0.497 e. The fraction of sp³-hybridized carbons (Fsp3) is 0.348. The Balaban J connectivity index is 1.69. The number of aromatic nitrogens is 2. The van der Waals surface area contributed by atoms with E-state index in [2.05, 4.69) is 24.0 Å². The highest BCUT2D eigenvalue weighted by atomic mass is 16.5. The number of amides is 1. The predicted molar refractivity (Wildman–Crippen MR) is 112 cm³/mol. The summed E-state index contributed by atoms with van der Waals surface area (Å²) in [7, 11) is 1.61. The first-order chi connectivity index (χ1) is 14.0. The minimum absolute atomic E-state index is 0.0142. The zero-order valence-electron chi connectivity index (χ0n) is 17.4. The van der Waals surface area contributed by atoms with Gasteiger partial charge in [-0.3, -0.25) is 4.79 Å². The average Bonchev–Trinajstić information content (AvgIpc) is 3.20. The second kappa shape index (κ2) is 9.37. The molecule has 6 heteroatoms. The Hall–Kier alpha value is -3.15. The van der Waals surface area contributed by atoms with Crippen LogP contribution in [0.5, 0.6) is 5.75 Å². The summed E-state index contributed by atoms with van der Waals surface area (Å²) in [6.07, 6.45) is 0.507. The van der Waals surface area contributed by atoms with Gasteiger partial charge in [-0.1, -0.05) is 48.8 Å². The number of hydrogen-bond acceptors (Lipinski definition) is 5. The molecule has 0 radical (unpaired) electrons. The highest BCUT2D eigenvalue weighted by Gasteiger charge is 2.18. The van der Waals surface area contributed by atoms with E-state index in [4.69, 9.17) is 9.26 Å². The molecule has 29 heavy (non-hydrogen) atoms. The molecule has 3 aromatic rings. The van der Waals surface area contributed by atoms with Gasteiger partial charge in [0.15, 0.2) is 0 Å². The predicted octanol–water partition coefficient (Wildman–Crippen LogP) is 4.39. The lowest BCUT2D eigenvalue weighted by molar-refractivity contribution is 0.0734. The van der Waals surface area contributed by atoms with Gasteiger partial charge >= 0.3 is 0 Å². The number of rotatable bonds is 8. The van der Waals surface area contributed by atoms with Crippen molar-refractivity contribution in [1.29, 1.82) is 0 Å². The third kappa shape index (κ3) is 5.44. The van der Waals surface area contributed by atoms with Crippen molar-refractivity contribution in [1.82, 2.24) is 15.0 Å². The van der Waals surface area contributed by atoms with Crippen LogP contribution in [0.15, 0.2) is 53.1 Å². The van der Waals surface area contributed by atoms with E-state index in [0.29, 0.717) is 42.7 Å². The van der Waals surface area contributed by atoms with Gasteiger partial charge in [0.1, 0.15) is 5.75 Å². The van der Waals surface area contributed by atoms with Gasteiger partial charge in [-0.15, -0.1) is 0 Å². The summed E-state index contributed by atoms with van der Waals surface area (Å²) in [5.74, 6) is 2.16. The van der Waals surface area contributed by atoms with E-state index in [1.54, 1.807) is 31.4 Å². The molecule has 3 rings (SSSR count). The summed E-state index contributed by atoms with van der Waals surface area (Å²) in [6, 6.07) is 15.2. The van der Waals surface area contributed by atoms with Gasteiger partial charge < -0.3 is 14.2 Å². The molecule has 0 saturated carbocycles. The maximum atomic E-state index is 13.0. The van der Waals surface area contributed by atoms with Crippen molar-refractivity contribution < 1.29 is 14.1 Å². The minimum atomic E-state index is -0.0142. The van der Waals surface area contributed by atoms with Crippen molar-refractivity contribution in [3.63, 3.8) is 0 Å². The summed E-state index contributed by atoms with van der Waals surface area (Å²) >= 11 is 0. The highest BCUT2D eigenvalue weighted by Crippen LogP contribution is 2.18. The summed E-state index contributed by atoms with van der Waals surface area (Å²) in [4.78, 5) is 19.3. The number of ether oxygens (including phenoxy) is 1. The third-order valence-electron chi connectivity index (χ3n) is 4.58. The Kier molecular flexibility index (Phi) is 6.65. The lowest BCUT2D eigenvalue weighted by Crippen LogP contribution is -2.36. The van der Waals surface area contributed by atoms with Gasteiger partial charge in [-0.05, 0) is 37.1 Å². The van der Waals surface area contributed by atoms with E-state index in [0.717, 1.165) is 11.3 Å². The van der Waals surface area contributed by atoms with E-state index in [-0.39, 0.29) is 5.91 Å². The molecule has 0 spiro atoms. The van der Waals surface area contributed by atoms with Crippen molar-refractivity contribution in [3.8, 4) is 17.1 Å². The van der Waals surface area contributed by atoms with Crippen LogP contribution in [0.4, 0.5) is 0 Å². The van der Waals surface area contributed by atoms with E-state index in [1.165, 1.54) is 5.56 Å². The average molecular weight is 393 g/mol. The van der Waals surface area contributed by atoms with Crippen molar-refractivity contribution >= 4 is 5.91 Å². The Morgan fingerprint density at radius 1 is 1.10 bits per heavy atom. The van der Waals surface area contributed by atoms with Gasteiger partial charge in [0, 0.05) is 30.6 Å². The zero-order valence-corrected chi connectivity index (χ0v) is 17.4. The maximum Gasteiger partial charge on any atom is 0.253 e. The molecule has 0 fully saturated rings. The van der Waals surface area contributed by atoms with Gasteiger partial charge in [-0.25, -0.2) is 0 Å². The summed E-state index contributed by atoms with van der Waals surface area (Å²) in [5, 5.41) is 4.07. The van der Waals surface area contributed by atoms with Gasteiger partial charge in [-0.2, -0.15) is 4.98 Å². The van der Waals surface area contributed by atoms with Crippen LogP contribution in [0.25, 0.3) is 11.4 Å². The molecule has 0 aliphatic rings.